The van der Waals surface area contributed by atoms with Crippen LogP contribution in [0, 0.1) is 16.7 Å². The van der Waals surface area contributed by atoms with Gasteiger partial charge in [-0.05, 0) is 32.6 Å². The molecule has 0 atom stereocenters. The van der Waals surface area contributed by atoms with E-state index in [1.807, 2.05) is 13.8 Å². The van der Waals surface area contributed by atoms with Crippen LogP contribution in [-0.2, 0) is 9.53 Å². The molecule has 2 amide bonds. The Morgan fingerprint density at radius 1 is 1.29 bits per heavy atom. The molecule has 0 radical (unpaired) electrons. The highest BCUT2D eigenvalue weighted by Gasteiger charge is 2.36. The molecule has 1 aliphatic rings. The summed E-state index contributed by atoms with van der Waals surface area (Å²) in [6, 6.07) is 2.17. The Morgan fingerprint density at radius 2 is 1.86 bits per heavy atom. The van der Waals surface area contributed by atoms with E-state index >= 15 is 0 Å². The smallest absolute Gasteiger partial charge is 0.409 e. The molecular weight excluding hydrogens is 270 g/mol. The zero-order chi connectivity index (χ0) is 15.9. The molecule has 0 aromatic carbocycles. The third-order valence-corrected chi connectivity index (χ3v) is 4.21. The zero-order valence-electron chi connectivity index (χ0n) is 13.1. The molecule has 1 rings (SSSR count). The Kier molecular flexibility index (Phi) is 6.47. The molecule has 0 saturated carbocycles. The first-order valence-corrected chi connectivity index (χ1v) is 7.66. The van der Waals surface area contributed by atoms with E-state index in [9.17, 15) is 14.9 Å². The number of nitrogens with one attached hydrogen (secondary N) is 1. The maximum Gasteiger partial charge on any atom is 0.409 e. The summed E-state index contributed by atoms with van der Waals surface area (Å²) in [5.74, 6) is -0.190. The highest BCUT2D eigenvalue weighted by Crippen LogP contribution is 2.26. The Bertz CT molecular complexity index is 405. The Morgan fingerprint density at radius 3 is 2.29 bits per heavy atom. The summed E-state index contributed by atoms with van der Waals surface area (Å²) in [7, 11) is 0. The molecule has 1 saturated heterocycles. The van der Waals surface area contributed by atoms with E-state index in [-0.39, 0.29) is 18.0 Å². The molecule has 0 unspecified atom stereocenters. The van der Waals surface area contributed by atoms with Crippen LogP contribution >= 0.6 is 0 Å². The van der Waals surface area contributed by atoms with Gasteiger partial charge in [0.15, 0.2) is 0 Å². The lowest BCUT2D eigenvalue weighted by Crippen LogP contribution is -2.50. The fourth-order valence-corrected chi connectivity index (χ4v) is 2.52. The summed E-state index contributed by atoms with van der Waals surface area (Å²) in [4.78, 5) is 25.6. The molecule has 6 nitrogen and oxygen atoms in total. The first-order chi connectivity index (χ1) is 10.0. The Labute approximate surface area is 126 Å². The van der Waals surface area contributed by atoms with Crippen LogP contribution in [0.2, 0.25) is 0 Å². The van der Waals surface area contributed by atoms with Crippen LogP contribution in [0.1, 0.15) is 46.5 Å². The Hall–Kier alpha value is -1.77. The number of nitrogens with zero attached hydrogens (tertiary/aromatic N) is 2. The minimum absolute atomic E-state index is 0.0222. The van der Waals surface area contributed by atoms with Crippen LogP contribution in [0.4, 0.5) is 4.79 Å². The van der Waals surface area contributed by atoms with Crippen LogP contribution in [0.5, 0.6) is 0 Å². The molecule has 0 aromatic rings. The molecule has 0 spiro atoms. The molecular formula is C15H25N3O3. The van der Waals surface area contributed by atoms with Crippen molar-refractivity contribution in [2.45, 2.75) is 52.5 Å². The summed E-state index contributed by atoms with van der Waals surface area (Å²) >= 11 is 0. The summed E-state index contributed by atoms with van der Waals surface area (Å²) in [5, 5.41) is 12.2. The molecule has 6 heteroatoms. The van der Waals surface area contributed by atoms with Crippen molar-refractivity contribution < 1.29 is 14.3 Å². The number of amides is 2. The van der Waals surface area contributed by atoms with E-state index in [0.717, 1.165) is 0 Å². The van der Waals surface area contributed by atoms with Crippen molar-refractivity contribution in [2.75, 3.05) is 19.7 Å². The van der Waals surface area contributed by atoms with Crippen molar-refractivity contribution >= 4 is 12.0 Å². The number of hydrogen-bond acceptors (Lipinski definition) is 4. The van der Waals surface area contributed by atoms with Crippen LogP contribution in [0.25, 0.3) is 0 Å². The third-order valence-electron chi connectivity index (χ3n) is 4.21. The average molecular weight is 295 g/mol. The SMILES string of the molecule is CCOC(=O)N1CCC(NC(=O)C(C#N)(CC)CC)CC1. The molecule has 1 N–H and O–H groups in total. The number of hydrogen-bond donors (Lipinski definition) is 1. The van der Waals surface area contributed by atoms with Gasteiger partial charge < -0.3 is 15.0 Å². The first-order valence-electron chi connectivity index (χ1n) is 7.66. The molecule has 0 aromatic heterocycles. The van der Waals surface area contributed by atoms with Crippen LogP contribution in [0.3, 0.4) is 0 Å². The van der Waals surface area contributed by atoms with E-state index in [4.69, 9.17) is 4.74 Å². The quantitative estimate of drug-likeness (QED) is 0.841. The minimum Gasteiger partial charge on any atom is -0.450 e. The third kappa shape index (κ3) is 4.10. The molecule has 21 heavy (non-hydrogen) atoms. The summed E-state index contributed by atoms with van der Waals surface area (Å²) in [6.07, 6.45) is 2.11. The van der Waals surface area contributed by atoms with Gasteiger partial charge in [-0.3, -0.25) is 4.79 Å². The second-order valence-electron chi connectivity index (χ2n) is 5.33. The molecule has 0 aliphatic carbocycles. The summed E-state index contributed by atoms with van der Waals surface area (Å²) in [6.45, 7) is 7.00. The van der Waals surface area contributed by atoms with Gasteiger partial charge in [0.05, 0.1) is 12.7 Å². The topological polar surface area (TPSA) is 82.4 Å². The van der Waals surface area contributed by atoms with Gasteiger partial charge in [-0.15, -0.1) is 0 Å². The van der Waals surface area contributed by atoms with Gasteiger partial charge in [-0.25, -0.2) is 4.79 Å². The number of likely N-dealkylation sites (tertiary alicyclic amines) is 1. The number of ether oxygens (including phenoxy) is 1. The predicted molar refractivity (Wildman–Crippen MR) is 78.4 cm³/mol. The number of carbonyl (C=O) groups excluding carboxylic acids is 2. The van der Waals surface area contributed by atoms with Crippen LogP contribution < -0.4 is 5.32 Å². The highest BCUT2D eigenvalue weighted by atomic mass is 16.6. The highest BCUT2D eigenvalue weighted by molar-refractivity contribution is 5.85. The second kappa shape index (κ2) is 7.87. The predicted octanol–water partition coefficient (Wildman–Crippen LogP) is 2.05. The van der Waals surface area contributed by atoms with Crippen molar-refractivity contribution in [1.82, 2.24) is 10.2 Å². The number of rotatable bonds is 5. The monoisotopic (exact) mass is 295 g/mol. The number of piperidine rings is 1. The van der Waals surface area contributed by atoms with Gasteiger partial charge in [0, 0.05) is 19.1 Å². The van der Waals surface area contributed by atoms with Crippen molar-refractivity contribution in [3.63, 3.8) is 0 Å². The molecule has 1 aliphatic heterocycles. The first kappa shape index (κ1) is 17.3. The minimum atomic E-state index is -0.932. The standard InChI is InChI=1S/C15H25N3O3/c1-4-15(5-2,11-16)13(19)17-12-7-9-18(10-8-12)14(20)21-6-3/h12H,4-10H2,1-3H3,(H,17,19). The van der Waals surface area contributed by atoms with Gasteiger partial charge in [0.1, 0.15) is 5.41 Å². The van der Waals surface area contributed by atoms with Crippen molar-refractivity contribution in [1.29, 1.82) is 5.26 Å². The van der Waals surface area contributed by atoms with Gasteiger partial charge in [-0.2, -0.15) is 5.26 Å². The van der Waals surface area contributed by atoms with Gasteiger partial charge in [-0.1, -0.05) is 13.8 Å². The van der Waals surface area contributed by atoms with E-state index in [1.165, 1.54) is 0 Å². The van der Waals surface area contributed by atoms with Crippen molar-refractivity contribution in [3.8, 4) is 6.07 Å². The molecule has 0 bridgehead atoms. The van der Waals surface area contributed by atoms with Crippen molar-refractivity contribution in [2.24, 2.45) is 5.41 Å². The summed E-state index contributed by atoms with van der Waals surface area (Å²) in [5.41, 5.74) is -0.932. The van der Waals surface area contributed by atoms with E-state index in [0.29, 0.717) is 45.4 Å². The molecule has 1 heterocycles. The number of carbonyl (C=O) groups is 2. The zero-order valence-corrected chi connectivity index (χ0v) is 13.1. The van der Waals surface area contributed by atoms with Gasteiger partial charge >= 0.3 is 6.09 Å². The van der Waals surface area contributed by atoms with E-state index in [1.54, 1.807) is 11.8 Å². The lowest BCUT2D eigenvalue weighted by Gasteiger charge is -2.33. The second-order valence-corrected chi connectivity index (χ2v) is 5.33. The molecule has 118 valence electrons. The average Bonchev–Trinajstić information content (AvgIpc) is 2.50. The van der Waals surface area contributed by atoms with Gasteiger partial charge in [0.25, 0.3) is 0 Å². The fourth-order valence-electron chi connectivity index (χ4n) is 2.52. The summed E-state index contributed by atoms with van der Waals surface area (Å²) < 4.78 is 4.96. The molecule has 1 fully saturated rings. The van der Waals surface area contributed by atoms with E-state index < -0.39 is 5.41 Å². The lowest BCUT2D eigenvalue weighted by atomic mass is 9.82. The Balaban J connectivity index is 2.51. The maximum absolute atomic E-state index is 12.3. The largest absolute Gasteiger partial charge is 0.450 e. The lowest BCUT2D eigenvalue weighted by molar-refractivity contribution is -0.129. The number of nitriles is 1. The normalized spacial score (nSPS) is 16.2. The van der Waals surface area contributed by atoms with E-state index in [2.05, 4.69) is 11.4 Å². The van der Waals surface area contributed by atoms with Crippen LogP contribution in [-0.4, -0.2) is 42.6 Å². The van der Waals surface area contributed by atoms with Gasteiger partial charge in [0.2, 0.25) is 5.91 Å². The fraction of sp³-hybridized carbons (Fsp3) is 0.800. The maximum atomic E-state index is 12.3. The van der Waals surface area contributed by atoms with Crippen LogP contribution in [0.15, 0.2) is 0 Å². The van der Waals surface area contributed by atoms with Crippen molar-refractivity contribution in [3.05, 3.63) is 0 Å².